The summed E-state index contributed by atoms with van der Waals surface area (Å²) in [6.07, 6.45) is 1.88. The minimum Gasteiger partial charge on any atom is -0.481 e. The zero-order chi connectivity index (χ0) is 8.97. The molecule has 1 amide bonds. The smallest absolute Gasteiger partial charge is 0.308 e. The normalized spacial score (nSPS) is 9.33. The van der Waals surface area contributed by atoms with E-state index in [1.165, 1.54) is 6.20 Å². The van der Waals surface area contributed by atoms with E-state index >= 15 is 0 Å². The molecule has 0 saturated heterocycles. The van der Waals surface area contributed by atoms with Gasteiger partial charge < -0.3 is 10.4 Å². The number of aromatic nitrogens is 1. The van der Waals surface area contributed by atoms with Crippen molar-refractivity contribution >= 4 is 28.8 Å². The number of amides is 1. The summed E-state index contributed by atoms with van der Waals surface area (Å²) in [6, 6.07) is 0. The maximum atomic E-state index is 10.2. The summed E-state index contributed by atoms with van der Waals surface area (Å²) in [7, 11) is 0. The van der Waals surface area contributed by atoms with Crippen LogP contribution in [-0.4, -0.2) is 22.5 Å². The van der Waals surface area contributed by atoms with Gasteiger partial charge in [-0.2, -0.15) is 0 Å². The predicted octanol–water partition coefficient (Wildman–Crippen LogP) is 0.338. The van der Waals surface area contributed by atoms with Crippen LogP contribution < -0.4 is 5.32 Å². The Labute approximate surface area is 72.1 Å². The first-order valence-corrected chi connectivity index (χ1v) is 3.90. The molecule has 0 aromatic carbocycles. The van der Waals surface area contributed by atoms with E-state index in [2.05, 4.69) is 10.3 Å². The lowest BCUT2D eigenvalue weighted by molar-refractivity contribution is -0.136. The number of aliphatic carboxylic acids is 1. The van der Waals surface area contributed by atoms with E-state index in [-0.39, 0.29) is 6.42 Å². The molecule has 1 rings (SSSR count). The van der Waals surface area contributed by atoms with Gasteiger partial charge in [0.2, 0.25) is 6.41 Å². The van der Waals surface area contributed by atoms with Gasteiger partial charge in [-0.05, 0) is 0 Å². The largest absolute Gasteiger partial charge is 0.481 e. The lowest BCUT2D eigenvalue weighted by Crippen LogP contribution is -1.97. The van der Waals surface area contributed by atoms with Crippen molar-refractivity contribution in [2.24, 2.45) is 0 Å². The van der Waals surface area contributed by atoms with E-state index in [1.807, 2.05) is 0 Å². The number of nitrogens with zero attached hydrogens (tertiary/aromatic N) is 1. The van der Waals surface area contributed by atoms with Gasteiger partial charge in [0.1, 0.15) is 0 Å². The second-order valence-corrected chi connectivity index (χ2v) is 3.08. The molecule has 0 unspecified atom stereocenters. The number of rotatable bonds is 4. The lowest BCUT2D eigenvalue weighted by atomic mass is 10.4. The van der Waals surface area contributed by atoms with Crippen molar-refractivity contribution in [2.45, 2.75) is 6.42 Å². The molecule has 1 heterocycles. The SMILES string of the molecule is O=CNc1ncc(CC(=O)O)s1. The zero-order valence-corrected chi connectivity index (χ0v) is 6.80. The number of carbonyl (C=O) groups is 2. The van der Waals surface area contributed by atoms with Crippen LogP contribution in [0.1, 0.15) is 4.88 Å². The summed E-state index contributed by atoms with van der Waals surface area (Å²) >= 11 is 1.15. The van der Waals surface area contributed by atoms with Crippen LogP contribution in [0.25, 0.3) is 0 Å². The Bertz CT molecular complexity index is 297. The number of carbonyl (C=O) groups excluding carboxylic acids is 1. The van der Waals surface area contributed by atoms with Crippen LogP contribution in [0.5, 0.6) is 0 Å². The fourth-order valence-corrected chi connectivity index (χ4v) is 1.42. The van der Waals surface area contributed by atoms with Crippen molar-refractivity contribution in [3.63, 3.8) is 0 Å². The van der Waals surface area contributed by atoms with Gasteiger partial charge in [0, 0.05) is 11.1 Å². The standard InChI is InChI=1S/C6H6N2O3S/c9-3-8-6-7-2-4(12-6)1-5(10)11/h2-3H,1H2,(H,10,11)(H,7,8,9). The zero-order valence-electron chi connectivity index (χ0n) is 5.98. The predicted molar refractivity (Wildman–Crippen MR) is 43.1 cm³/mol. The number of carboxylic acids is 1. The molecule has 2 N–H and O–H groups in total. The van der Waals surface area contributed by atoms with Crippen LogP contribution in [0, 0.1) is 0 Å². The molecule has 0 fully saturated rings. The van der Waals surface area contributed by atoms with E-state index in [0.717, 1.165) is 11.3 Å². The molecule has 12 heavy (non-hydrogen) atoms. The van der Waals surface area contributed by atoms with Gasteiger partial charge in [0.05, 0.1) is 6.42 Å². The molecule has 1 aromatic heterocycles. The first kappa shape index (κ1) is 8.66. The minimum absolute atomic E-state index is 0.0573. The Hall–Kier alpha value is -1.43. The topological polar surface area (TPSA) is 79.3 Å². The van der Waals surface area contributed by atoms with Crippen molar-refractivity contribution in [3.05, 3.63) is 11.1 Å². The van der Waals surface area contributed by atoms with Gasteiger partial charge in [-0.15, -0.1) is 11.3 Å². The average Bonchev–Trinajstić information content (AvgIpc) is 2.36. The van der Waals surface area contributed by atoms with Crippen molar-refractivity contribution < 1.29 is 14.7 Å². The molecule has 6 heteroatoms. The van der Waals surface area contributed by atoms with Gasteiger partial charge in [-0.1, -0.05) is 0 Å². The maximum absolute atomic E-state index is 10.2. The summed E-state index contributed by atoms with van der Waals surface area (Å²) in [5.41, 5.74) is 0. The lowest BCUT2D eigenvalue weighted by Gasteiger charge is -1.87. The van der Waals surface area contributed by atoms with E-state index < -0.39 is 5.97 Å². The monoisotopic (exact) mass is 186 g/mol. The molecule has 0 saturated carbocycles. The van der Waals surface area contributed by atoms with Gasteiger partial charge in [-0.25, -0.2) is 4.98 Å². The molecule has 1 aromatic rings. The first-order valence-electron chi connectivity index (χ1n) is 3.09. The number of carboxylic acid groups (broad SMARTS) is 1. The minimum atomic E-state index is -0.906. The van der Waals surface area contributed by atoms with Gasteiger partial charge in [0.15, 0.2) is 5.13 Å². The van der Waals surface area contributed by atoms with Crippen molar-refractivity contribution in [2.75, 3.05) is 5.32 Å². The maximum Gasteiger partial charge on any atom is 0.308 e. The summed E-state index contributed by atoms with van der Waals surface area (Å²) in [4.78, 5) is 24.6. The molecule has 0 atom stereocenters. The van der Waals surface area contributed by atoms with Crippen LogP contribution in [0.15, 0.2) is 6.20 Å². The van der Waals surface area contributed by atoms with Crippen molar-refractivity contribution in [1.82, 2.24) is 4.98 Å². The molecular formula is C6H6N2O3S. The molecule has 64 valence electrons. The van der Waals surface area contributed by atoms with E-state index in [9.17, 15) is 9.59 Å². The Balaban J connectivity index is 2.63. The number of hydrogen-bond donors (Lipinski definition) is 2. The number of anilines is 1. The van der Waals surface area contributed by atoms with Crippen LogP contribution in [0.4, 0.5) is 5.13 Å². The van der Waals surface area contributed by atoms with Crippen LogP contribution in [-0.2, 0) is 16.0 Å². The molecule has 0 aliphatic carbocycles. The Kier molecular flexibility index (Phi) is 2.76. The Morgan fingerprint density at radius 2 is 2.58 bits per heavy atom. The number of nitrogens with one attached hydrogen (secondary N) is 1. The van der Waals surface area contributed by atoms with E-state index in [0.29, 0.717) is 16.4 Å². The van der Waals surface area contributed by atoms with Crippen molar-refractivity contribution in [1.29, 1.82) is 0 Å². The van der Waals surface area contributed by atoms with Gasteiger partial charge >= 0.3 is 5.97 Å². The highest BCUT2D eigenvalue weighted by Crippen LogP contribution is 2.17. The molecule has 0 aliphatic rings. The fourth-order valence-electron chi connectivity index (χ4n) is 0.655. The highest BCUT2D eigenvalue weighted by molar-refractivity contribution is 7.15. The summed E-state index contributed by atoms with van der Waals surface area (Å²) in [6.45, 7) is 0. The van der Waals surface area contributed by atoms with Gasteiger partial charge in [-0.3, -0.25) is 9.59 Å². The quantitative estimate of drug-likeness (QED) is 0.664. The number of thiazole rings is 1. The highest BCUT2D eigenvalue weighted by Gasteiger charge is 2.04. The van der Waals surface area contributed by atoms with E-state index in [4.69, 9.17) is 5.11 Å². The van der Waals surface area contributed by atoms with Crippen LogP contribution in [0.2, 0.25) is 0 Å². The third-order valence-corrected chi connectivity index (χ3v) is 1.99. The third-order valence-electron chi connectivity index (χ3n) is 1.06. The molecule has 0 aliphatic heterocycles. The Morgan fingerprint density at radius 1 is 1.83 bits per heavy atom. The average molecular weight is 186 g/mol. The van der Waals surface area contributed by atoms with Crippen LogP contribution in [0.3, 0.4) is 0 Å². The molecule has 0 radical (unpaired) electrons. The second-order valence-electron chi connectivity index (χ2n) is 1.96. The molecular weight excluding hydrogens is 180 g/mol. The van der Waals surface area contributed by atoms with Gasteiger partial charge in [0.25, 0.3) is 0 Å². The molecule has 0 bridgehead atoms. The summed E-state index contributed by atoms with van der Waals surface area (Å²) in [5, 5.41) is 11.1. The molecule has 5 nitrogen and oxygen atoms in total. The number of hydrogen-bond acceptors (Lipinski definition) is 4. The Morgan fingerprint density at radius 3 is 3.17 bits per heavy atom. The summed E-state index contributed by atoms with van der Waals surface area (Å²) < 4.78 is 0. The first-order chi connectivity index (χ1) is 5.72. The molecule has 0 spiro atoms. The third kappa shape index (κ3) is 2.31. The van der Waals surface area contributed by atoms with Crippen molar-refractivity contribution in [3.8, 4) is 0 Å². The summed E-state index contributed by atoms with van der Waals surface area (Å²) in [5.74, 6) is -0.906. The second kappa shape index (κ2) is 3.82. The fraction of sp³-hybridized carbons (Fsp3) is 0.167. The van der Waals surface area contributed by atoms with Crippen LogP contribution >= 0.6 is 11.3 Å². The van der Waals surface area contributed by atoms with E-state index in [1.54, 1.807) is 0 Å². The highest BCUT2D eigenvalue weighted by atomic mass is 32.1.